The van der Waals surface area contributed by atoms with Gasteiger partial charge < -0.3 is 9.47 Å². The van der Waals surface area contributed by atoms with E-state index < -0.39 is 18.8 Å². The summed E-state index contributed by atoms with van der Waals surface area (Å²) in [6.07, 6.45) is -4.38. The zero-order valence-electron chi connectivity index (χ0n) is 12.6. The highest BCUT2D eigenvalue weighted by molar-refractivity contribution is 6.32. The van der Waals surface area contributed by atoms with Crippen LogP contribution in [0, 0.1) is 11.3 Å². The molecule has 130 valence electrons. The van der Waals surface area contributed by atoms with Crippen LogP contribution in [0.4, 0.5) is 13.2 Å². The van der Waals surface area contributed by atoms with Crippen molar-refractivity contribution in [3.05, 3.63) is 64.2 Å². The van der Waals surface area contributed by atoms with Crippen LogP contribution in [0.3, 0.4) is 0 Å². The van der Waals surface area contributed by atoms with Gasteiger partial charge in [0, 0.05) is 0 Å². The molecule has 0 N–H and O–H groups in total. The Kier molecular flexibility index (Phi) is 6.02. The number of ether oxygens (including phenoxy) is 2. The summed E-state index contributed by atoms with van der Waals surface area (Å²) in [5.41, 5.74) is 1.00. The predicted molar refractivity (Wildman–Crippen MR) is 83.3 cm³/mol. The van der Waals surface area contributed by atoms with Crippen molar-refractivity contribution in [2.75, 3.05) is 6.61 Å². The van der Waals surface area contributed by atoms with Crippen LogP contribution < -0.4 is 4.74 Å². The van der Waals surface area contributed by atoms with Crippen LogP contribution in [-0.4, -0.2) is 18.8 Å². The normalized spacial score (nSPS) is 11.0. The quantitative estimate of drug-likeness (QED) is 0.574. The number of rotatable bonds is 5. The van der Waals surface area contributed by atoms with E-state index in [1.54, 1.807) is 0 Å². The third kappa shape index (κ3) is 5.78. The van der Waals surface area contributed by atoms with Gasteiger partial charge in [0.1, 0.15) is 12.4 Å². The van der Waals surface area contributed by atoms with Gasteiger partial charge in [-0.15, -0.1) is 0 Å². The number of carbonyl (C=O) groups is 1. The molecule has 0 radical (unpaired) electrons. The molecule has 4 nitrogen and oxygen atoms in total. The molecule has 2 aromatic rings. The third-order valence-corrected chi connectivity index (χ3v) is 3.28. The standard InChI is InChI=1S/C17H11ClF3NO3/c18-14-7-12(8-22)3-6-15(14)25-16(23)13-4-1-11(2-5-13)9-24-10-17(19,20)21/h1-7H,9-10H2. The van der Waals surface area contributed by atoms with Crippen LogP contribution in [0.15, 0.2) is 42.5 Å². The Bertz CT molecular complexity index is 798. The number of hydrogen-bond donors (Lipinski definition) is 0. The monoisotopic (exact) mass is 369 g/mol. The van der Waals surface area contributed by atoms with Crippen molar-refractivity contribution in [2.45, 2.75) is 12.8 Å². The highest BCUT2D eigenvalue weighted by Gasteiger charge is 2.27. The Morgan fingerprint density at radius 2 is 1.84 bits per heavy atom. The highest BCUT2D eigenvalue weighted by atomic mass is 35.5. The van der Waals surface area contributed by atoms with Crippen LogP contribution in [-0.2, 0) is 11.3 Å². The van der Waals surface area contributed by atoms with Crippen molar-refractivity contribution in [1.29, 1.82) is 5.26 Å². The van der Waals surface area contributed by atoms with E-state index in [0.717, 1.165) is 0 Å². The minimum Gasteiger partial charge on any atom is -0.421 e. The van der Waals surface area contributed by atoms with Crippen molar-refractivity contribution in [3.63, 3.8) is 0 Å². The molecule has 0 aromatic heterocycles. The molecule has 0 saturated carbocycles. The molecule has 25 heavy (non-hydrogen) atoms. The zero-order valence-corrected chi connectivity index (χ0v) is 13.4. The van der Waals surface area contributed by atoms with Crippen LogP contribution in [0.2, 0.25) is 5.02 Å². The number of carbonyl (C=O) groups excluding carboxylic acids is 1. The smallest absolute Gasteiger partial charge is 0.411 e. The number of nitrogens with zero attached hydrogens (tertiary/aromatic N) is 1. The summed E-state index contributed by atoms with van der Waals surface area (Å²) in [5.74, 6) is -0.586. The summed E-state index contributed by atoms with van der Waals surface area (Å²) < 4.78 is 45.7. The van der Waals surface area contributed by atoms with Crippen molar-refractivity contribution in [2.24, 2.45) is 0 Å². The summed E-state index contributed by atoms with van der Waals surface area (Å²) >= 11 is 5.92. The van der Waals surface area contributed by atoms with Gasteiger partial charge in [-0.05, 0) is 35.9 Å². The SMILES string of the molecule is N#Cc1ccc(OC(=O)c2ccc(COCC(F)(F)F)cc2)c(Cl)c1. The summed E-state index contributed by atoms with van der Waals surface area (Å²) in [4.78, 5) is 12.1. The first-order valence-electron chi connectivity index (χ1n) is 6.94. The molecular weight excluding hydrogens is 359 g/mol. The van der Waals surface area contributed by atoms with Crippen LogP contribution in [0.1, 0.15) is 21.5 Å². The molecule has 0 aliphatic heterocycles. The van der Waals surface area contributed by atoms with Gasteiger partial charge in [0.05, 0.1) is 28.8 Å². The minimum absolute atomic E-state index is 0.100. The molecule has 0 unspecified atom stereocenters. The van der Waals surface area contributed by atoms with E-state index in [2.05, 4.69) is 4.74 Å². The number of alkyl halides is 3. The van der Waals surface area contributed by atoms with Gasteiger partial charge in [-0.2, -0.15) is 18.4 Å². The first-order valence-corrected chi connectivity index (χ1v) is 7.31. The predicted octanol–water partition coefficient (Wildman–Crippen LogP) is 4.51. The lowest BCUT2D eigenvalue weighted by Gasteiger charge is -2.09. The number of esters is 1. The minimum atomic E-state index is -4.38. The van der Waals surface area contributed by atoms with Gasteiger partial charge in [0.15, 0.2) is 0 Å². The summed E-state index contributed by atoms with van der Waals surface area (Å²) in [5, 5.41) is 8.87. The molecule has 0 aliphatic rings. The van der Waals surface area contributed by atoms with Crippen molar-refractivity contribution >= 4 is 17.6 Å². The van der Waals surface area contributed by atoms with Gasteiger partial charge in [0.2, 0.25) is 0 Å². The first kappa shape index (κ1) is 18.8. The molecule has 0 amide bonds. The van der Waals surface area contributed by atoms with E-state index in [1.807, 2.05) is 6.07 Å². The Labute approximate surface area is 146 Å². The molecule has 0 atom stereocenters. The molecule has 0 fully saturated rings. The van der Waals surface area contributed by atoms with Gasteiger partial charge in [-0.1, -0.05) is 23.7 Å². The summed E-state index contributed by atoms with van der Waals surface area (Å²) in [7, 11) is 0. The second-order valence-corrected chi connectivity index (χ2v) is 5.36. The van der Waals surface area contributed by atoms with E-state index >= 15 is 0 Å². The lowest BCUT2D eigenvalue weighted by Crippen LogP contribution is -2.16. The Balaban J connectivity index is 1.97. The van der Waals surface area contributed by atoms with Crippen LogP contribution >= 0.6 is 11.6 Å². The first-order chi connectivity index (χ1) is 11.8. The van der Waals surface area contributed by atoms with Gasteiger partial charge in [-0.25, -0.2) is 4.79 Å². The van der Waals surface area contributed by atoms with Gasteiger partial charge in [-0.3, -0.25) is 0 Å². The fourth-order valence-electron chi connectivity index (χ4n) is 1.83. The van der Waals surface area contributed by atoms with Crippen molar-refractivity contribution in [3.8, 4) is 11.8 Å². The Hall–Kier alpha value is -2.56. The Morgan fingerprint density at radius 1 is 1.16 bits per heavy atom. The molecule has 0 saturated heterocycles. The third-order valence-electron chi connectivity index (χ3n) is 2.99. The van der Waals surface area contributed by atoms with E-state index in [9.17, 15) is 18.0 Å². The number of halogens is 4. The molecule has 2 aromatic carbocycles. The largest absolute Gasteiger partial charge is 0.421 e. The number of benzene rings is 2. The van der Waals surface area contributed by atoms with Crippen LogP contribution in [0.5, 0.6) is 5.75 Å². The van der Waals surface area contributed by atoms with Gasteiger partial charge in [0.25, 0.3) is 0 Å². The number of hydrogen-bond acceptors (Lipinski definition) is 4. The molecular formula is C17H11ClF3NO3. The molecule has 8 heteroatoms. The van der Waals surface area contributed by atoms with Crippen molar-refractivity contribution in [1.82, 2.24) is 0 Å². The average molecular weight is 370 g/mol. The maximum absolute atomic E-state index is 12.1. The summed E-state index contributed by atoms with van der Waals surface area (Å²) in [6, 6.07) is 11.9. The molecule has 0 bridgehead atoms. The lowest BCUT2D eigenvalue weighted by atomic mass is 10.1. The maximum atomic E-state index is 12.1. The average Bonchev–Trinajstić information content (AvgIpc) is 2.56. The van der Waals surface area contributed by atoms with E-state index in [0.29, 0.717) is 11.1 Å². The Morgan fingerprint density at radius 3 is 2.40 bits per heavy atom. The van der Waals surface area contributed by atoms with E-state index in [4.69, 9.17) is 21.6 Å². The lowest BCUT2D eigenvalue weighted by molar-refractivity contribution is -0.176. The second kappa shape index (κ2) is 8.01. The molecule has 0 heterocycles. The fraction of sp³-hybridized carbons (Fsp3) is 0.176. The fourth-order valence-corrected chi connectivity index (χ4v) is 2.05. The van der Waals surface area contributed by atoms with E-state index in [1.165, 1.54) is 42.5 Å². The van der Waals surface area contributed by atoms with Crippen molar-refractivity contribution < 1.29 is 27.4 Å². The number of nitriles is 1. The zero-order chi connectivity index (χ0) is 18.4. The summed E-state index contributed by atoms with van der Waals surface area (Å²) in [6.45, 7) is -1.57. The topological polar surface area (TPSA) is 59.3 Å². The molecule has 0 spiro atoms. The highest BCUT2D eigenvalue weighted by Crippen LogP contribution is 2.26. The molecule has 0 aliphatic carbocycles. The maximum Gasteiger partial charge on any atom is 0.411 e. The molecule has 2 rings (SSSR count). The van der Waals surface area contributed by atoms with E-state index in [-0.39, 0.29) is 22.9 Å². The van der Waals surface area contributed by atoms with Gasteiger partial charge >= 0.3 is 12.1 Å². The van der Waals surface area contributed by atoms with Crippen LogP contribution in [0.25, 0.3) is 0 Å². The second-order valence-electron chi connectivity index (χ2n) is 4.95.